The maximum atomic E-state index is 13.7. The lowest BCUT2D eigenvalue weighted by Gasteiger charge is -2.17. The smallest absolute Gasteiger partial charge is 0.254 e. The van der Waals surface area contributed by atoms with Gasteiger partial charge in [-0.05, 0) is 31.2 Å². The number of amides is 1. The van der Waals surface area contributed by atoms with Crippen molar-refractivity contribution in [1.29, 1.82) is 0 Å². The molecule has 2 aromatic rings. The van der Waals surface area contributed by atoms with Crippen molar-refractivity contribution in [2.45, 2.75) is 13.0 Å². The lowest BCUT2D eigenvalue weighted by Crippen LogP contribution is -2.27. The highest BCUT2D eigenvalue weighted by Gasteiger charge is 2.17. The number of halogens is 1. The third-order valence-corrected chi connectivity index (χ3v) is 3.19. The van der Waals surface area contributed by atoms with Gasteiger partial charge in [0.15, 0.2) is 0 Å². The molecular formula is C16H17FN2O2. The Balaban J connectivity index is 2.21. The van der Waals surface area contributed by atoms with Crippen LogP contribution in [0.15, 0.2) is 42.5 Å². The van der Waals surface area contributed by atoms with Gasteiger partial charge in [0.25, 0.3) is 5.91 Å². The molecule has 2 rings (SSSR count). The zero-order valence-electron chi connectivity index (χ0n) is 11.9. The van der Waals surface area contributed by atoms with Crippen LogP contribution in [-0.4, -0.2) is 13.0 Å². The summed E-state index contributed by atoms with van der Waals surface area (Å²) in [6.45, 7) is 1.81. The van der Waals surface area contributed by atoms with Gasteiger partial charge >= 0.3 is 0 Å². The number of methoxy groups -OCH3 is 1. The molecule has 0 aliphatic carbocycles. The van der Waals surface area contributed by atoms with E-state index in [1.165, 1.54) is 18.2 Å². The number of anilines is 1. The number of hydrogen-bond donors (Lipinski definition) is 2. The molecule has 21 heavy (non-hydrogen) atoms. The molecule has 0 aromatic heterocycles. The molecule has 3 N–H and O–H groups in total. The highest BCUT2D eigenvalue weighted by atomic mass is 19.1. The van der Waals surface area contributed by atoms with Gasteiger partial charge in [-0.1, -0.05) is 18.2 Å². The molecule has 5 heteroatoms. The number of benzene rings is 2. The Hall–Kier alpha value is -2.56. The fourth-order valence-electron chi connectivity index (χ4n) is 2.09. The molecule has 0 saturated carbocycles. The molecule has 0 bridgehead atoms. The van der Waals surface area contributed by atoms with Gasteiger partial charge in [-0.15, -0.1) is 0 Å². The van der Waals surface area contributed by atoms with E-state index in [1.54, 1.807) is 20.1 Å². The third-order valence-electron chi connectivity index (χ3n) is 3.19. The largest absolute Gasteiger partial charge is 0.496 e. The lowest BCUT2D eigenvalue weighted by atomic mass is 10.1. The van der Waals surface area contributed by atoms with Crippen molar-refractivity contribution < 1.29 is 13.9 Å². The third kappa shape index (κ3) is 3.31. The quantitative estimate of drug-likeness (QED) is 0.850. The maximum absolute atomic E-state index is 13.7. The molecule has 1 unspecified atom stereocenters. The lowest BCUT2D eigenvalue weighted by molar-refractivity contribution is 0.0935. The van der Waals surface area contributed by atoms with Crippen LogP contribution in [0.5, 0.6) is 5.75 Å². The van der Waals surface area contributed by atoms with Crippen molar-refractivity contribution in [3.63, 3.8) is 0 Å². The summed E-state index contributed by atoms with van der Waals surface area (Å²) in [6.07, 6.45) is 0. The Bertz CT molecular complexity index is 658. The van der Waals surface area contributed by atoms with E-state index in [0.717, 1.165) is 5.56 Å². The zero-order valence-corrected chi connectivity index (χ0v) is 11.9. The number of hydrogen-bond acceptors (Lipinski definition) is 3. The first-order valence-electron chi connectivity index (χ1n) is 6.51. The van der Waals surface area contributed by atoms with Crippen molar-refractivity contribution >= 4 is 11.6 Å². The van der Waals surface area contributed by atoms with E-state index >= 15 is 0 Å². The summed E-state index contributed by atoms with van der Waals surface area (Å²) in [7, 11) is 1.56. The normalized spacial score (nSPS) is 11.8. The Labute approximate surface area is 122 Å². The monoisotopic (exact) mass is 288 g/mol. The zero-order chi connectivity index (χ0) is 15.4. The van der Waals surface area contributed by atoms with Gasteiger partial charge in [-0.25, -0.2) is 4.39 Å². The molecule has 4 nitrogen and oxygen atoms in total. The minimum atomic E-state index is -0.603. The predicted molar refractivity (Wildman–Crippen MR) is 79.7 cm³/mol. The van der Waals surface area contributed by atoms with E-state index in [2.05, 4.69) is 5.32 Å². The number of carbonyl (C=O) groups excluding carboxylic acids is 1. The van der Waals surface area contributed by atoms with Crippen molar-refractivity contribution in [3.8, 4) is 5.75 Å². The Morgan fingerprint density at radius 3 is 2.71 bits per heavy atom. The number of rotatable bonds is 4. The summed E-state index contributed by atoms with van der Waals surface area (Å²) >= 11 is 0. The van der Waals surface area contributed by atoms with Crippen LogP contribution < -0.4 is 15.8 Å². The Kier molecular flexibility index (Phi) is 4.42. The van der Waals surface area contributed by atoms with E-state index in [1.807, 2.05) is 18.2 Å². The first-order valence-corrected chi connectivity index (χ1v) is 6.51. The summed E-state index contributed by atoms with van der Waals surface area (Å²) < 4.78 is 18.9. The average molecular weight is 288 g/mol. The van der Waals surface area contributed by atoms with Crippen LogP contribution in [0.4, 0.5) is 10.1 Å². The van der Waals surface area contributed by atoms with Crippen LogP contribution in [0.2, 0.25) is 0 Å². The number of carbonyl (C=O) groups is 1. The van der Waals surface area contributed by atoms with Gasteiger partial charge < -0.3 is 15.8 Å². The summed E-state index contributed by atoms with van der Waals surface area (Å²) in [6, 6.07) is 10.9. The van der Waals surface area contributed by atoms with Crippen molar-refractivity contribution in [2.75, 3.05) is 12.8 Å². The van der Waals surface area contributed by atoms with Crippen LogP contribution >= 0.6 is 0 Å². The highest BCUT2D eigenvalue weighted by molar-refractivity contribution is 5.95. The van der Waals surface area contributed by atoms with E-state index in [0.29, 0.717) is 11.4 Å². The van der Waals surface area contributed by atoms with E-state index in [9.17, 15) is 9.18 Å². The SMILES string of the molecule is COc1ccccc1C(C)NC(=O)c1cc(N)ccc1F. The summed E-state index contributed by atoms with van der Waals surface area (Å²) in [5, 5.41) is 2.74. The summed E-state index contributed by atoms with van der Waals surface area (Å²) in [5.74, 6) is -0.453. The van der Waals surface area contributed by atoms with Gasteiger partial charge in [0.2, 0.25) is 0 Å². The molecule has 0 aliphatic rings. The van der Waals surface area contributed by atoms with Crippen molar-refractivity contribution in [3.05, 3.63) is 59.4 Å². The molecule has 1 amide bonds. The first kappa shape index (κ1) is 14.8. The highest BCUT2D eigenvalue weighted by Crippen LogP contribution is 2.24. The van der Waals surface area contributed by atoms with Crippen LogP contribution in [0.25, 0.3) is 0 Å². The van der Waals surface area contributed by atoms with Crippen LogP contribution in [-0.2, 0) is 0 Å². The molecular weight excluding hydrogens is 271 g/mol. The fraction of sp³-hybridized carbons (Fsp3) is 0.188. The van der Waals surface area contributed by atoms with Crippen LogP contribution in [0, 0.1) is 5.82 Å². The number of nitrogens with two attached hydrogens (primary N) is 1. The number of para-hydroxylation sites is 1. The summed E-state index contributed by atoms with van der Waals surface area (Å²) in [4.78, 5) is 12.2. The minimum absolute atomic E-state index is 0.0725. The second-order valence-corrected chi connectivity index (χ2v) is 4.68. The van der Waals surface area contributed by atoms with Crippen LogP contribution in [0.1, 0.15) is 28.9 Å². The van der Waals surface area contributed by atoms with Crippen LogP contribution in [0.3, 0.4) is 0 Å². The number of nitrogens with one attached hydrogen (secondary N) is 1. The molecule has 0 radical (unpaired) electrons. The van der Waals surface area contributed by atoms with E-state index in [4.69, 9.17) is 10.5 Å². The molecule has 0 heterocycles. The Morgan fingerprint density at radius 1 is 1.29 bits per heavy atom. The number of ether oxygens (including phenoxy) is 1. The molecule has 110 valence electrons. The predicted octanol–water partition coefficient (Wildman–Crippen LogP) is 2.91. The standard InChI is InChI=1S/C16H17FN2O2/c1-10(12-5-3-4-6-15(12)21-2)19-16(20)13-9-11(18)7-8-14(13)17/h3-10H,18H2,1-2H3,(H,19,20). The maximum Gasteiger partial charge on any atom is 0.254 e. The van der Waals surface area contributed by atoms with Gasteiger partial charge in [0.1, 0.15) is 11.6 Å². The minimum Gasteiger partial charge on any atom is -0.496 e. The molecule has 1 atom stereocenters. The second-order valence-electron chi connectivity index (χ2n) is 4.68. The van der Waals surface area contributed by atoms with Gasteiger partial charge in [-0.2, -0.15) is 0 Å². The first-order chi connectivity index (χ1) is 10.0. The molecule has 2 aromatic carbocycles. The number of nitrogen functional groups attached to an aromatic ring is 1. The molecule has 0 spiro atoms. The second kappa shape index (κ2) is 6.26. The topological polar surface area (TPSA) is 64.3 Å². The van der Waals surface area contributed by atoms with Crippen molar-refractivity contribution in [1.82, 2.24) is 5.32 Å². The van der Waals surface area contributed by atoms with E-state index in [-0.39, 0.29) is 11.6 Å². The molecule has 0 saturated heterocycles. The molecule has 0 aliphatic heterocycles. The fourth-order valence-corrected chi connectivity index (χ4v) is 2.09. The van der Waals surface area contributed by atoms with E-state index < -0.39 is 11.7 Å². The van der Waals surface area contributed by atoms with Gasteiger partial charge in [0.05, 0.1) is 18.7 Å². The molecule has 0 fully saturated rings. The van der Waals surface area contributed by atoms with Gasteiger partial charge in [-0.3, -0.25) is 4.79 Å². The van der Waals surface area contributed by atoms with Crippen molar-refractivity contribution in [2.24, 2.45) is 0 Å². The summed E-state index contributed by atoms with van der Waals surface area (Å²) in [5.41, 5.74) is 6.67. The average Bonchev–Trinajstić information content (AvgIpc) is 2.49. The Morgan fingerprint density at radius 2 is 2.00 bits per heavy atom. The van der Waals surface area contributed by atoms with Gasteiger partial charge in [0, 0.05) is 11.3 Å².